The van der Waals surface area contributed by atoms with E-state index in [9.17, 15) is 12.6 Å². The number of benzene rings is 1. The van der Waals surface area contributed by atoms with Crippen LogP contribution in [0.4, 0.5) is 0 Å². The van der Waals surface area contributed by atoms with Gasteiger partial charge in [-0.3, -0.25) is 0 Å². The van der Waals surface area contributed by atoms with Crippen molar-refractivity contribution in [1.82, 2.24) is 0 Å². The van der Waals surface area contributed by atoms with E-state index < -0.39 is 20.8 Å². The zero-order valence-electron chi connectivity index (χ0n) is 8.87. The number of hydrogen-bond donors (Lipinski definition) is 1. The summed E-state index contributed by atoms with van der Waals surface area (Å²) in [4.78, 5) is 0.558. The van der Waals surface area contributed by atoms with E-state index in [0.29, 0.717) is 4.90 Å². The minimum atomic E-state index is -3.82. The first-order valence-corrected chi connectivity index (χ1v) is 8.57. The zero-order chi connectivity index (χ0) is 13.3. The summed E-state index contributed by atoms with van der Waals surface area (Å²) in [5, 5.41) is 5.15. The number of halogens is 1. The molecule has 1 atom stereocenters. The molecule has 0 fully saturated rings. The fourth-order valence-electron chi connectivity index (χ4n) is 1.25. The van der Waals surface area contributed by atoms with Crippen LogP contribution >= 0.6 is 22.9 Å². The molecular weight excluding hydrogens is 314 g/mol. The van der Waals surface area contributed by atoms with Crippen molar-refractivity contribution in [3.8, 4) is 0 Å². The van der Waals surface area contributed by atoms with Gasteiger partial charge in [0.25, 0.3) is 0 Å². The van der Waals surface area contributed by atoms with Gasteiger partial charge in [-0.05, 0) is 18.2 Å². The second-order valence-corrected chi connectivity index (χ2v) is 8.25. The Morgan fingerprint density at radius 3 is 2.33 bits per heavy atom. The maximum absolute atomic E-state index is 12.2. The number of nitrogens with two attached hydrogens (primary N) is 1. The van der Waals surface area contributed by atoms with Gasteiger partial charge in [0.15, 0.2) is 0 Å². The highest BCUT2D eigenvalue weighted by molar-refractivity contribution is 7.92. The topological polar surface area (TPSA) is 77.2 Å². The number of sulfonamides is 1. The second kappa shape index (κ2) is 5.10. The minimum Gasteiger partial charge on any atom is -0.248 e. The third-order valence-electron chi connectivity index (χ3n) is 2.04. The van der Waals surface area contributed by atoms with Gasteiger partial charge < -0.3 is 0 Å². The van der Waals surface area contributed by atoms with Crippen LogP contribution in [0.2, 0.25) is 5.02 Å². The summed E-state index contributed by atoms with van der Waals surface area (Å²) < 4.78 is 34.8. The van der Waals surface area contributed by atoms with Gasteiger partial charge in [0.05, 0.1) is 15.8 Å². The van der Waals surface area contributed by atoms with E-state index in [4.69, 9.17) is 16.7 Å². The molecule has 8 heteroatoms. The lowest BCUT2D eigenvalue weighted by Gasteiger charge is -1.99. The summed E-state index contributed by atoms with van der Waals surface area (Å²) in [5.41, 5.74) is 0. The molecule has 2 N–H and O–H groups in total. The molecule has 1 aromatic heterocycles. The third kappa shape index (κ3) is 2.81. The van der Waals surface area contributed by atoms with Crippen LogP contribution in [0.5, 0.6) is 0 Å². The molecule has 96 valence electrons. The van der Waals surface area contributed by atoms with E-state index in [1.165, 1.54) is 6.07 Å². The molecule has 0 amide bonds. The van der Waals surface area contributed by atoms with Crippen molar-refractivity contribution >= 4 is 43.8 Å². The molecule has 0 spiro atoms. The molecule has 0 bridgehead atoms. The van der Waals surface area contributed by atoms with Gasteiger partial charge in [-0.15, -0.1) is 11.3 Å². The van der Waals surface area contributed by atoms with Crippen LogP contribution < -0.4 is 5.14 Å². The van der Waals surface area contributed by atoms with Gasteiger partial charge in [-0.2, -0.15) is 0 Å². The summed E-state index contributed by atoms with van der Waals surface area (Å²) in [5.74, 6) is 0. The van der Waals surface area contributed by atoms with Crippen LogP contribution in [0.15, 0.2) is 49.7 Å². The summed E-state index contributed by atoms with van der Waals surface area (Å²) >= 11 is 6.72. The maximum atomic E-state index is 12.2. The van der Waals surface area contributed by atoms with E-state index in [0.717, 1.165) is 11.3 Å². The van der Waals surface area contributed by atoms with Gasteiger partial charge in [-0.25, -0.2) is 17.8 Å². The highest BCUT2D eigenvalue weighted by Crippen LogP contribution is 2.34. The van der Waals surface area contributed by atoms with E-state index in [1.54, 1.807) is 30.3 Å². The van der Waals surface area contributed by atoms with Gasteiger partial charge in [0, 0.05) is 4.90 Å². The largest absolute Gasteiger partial charge is 0.248 e. The van der Waals surface area contributed by atoms with Crippen molar-refractivity contribution in [2.45, 2.75) is 13.3 Å². The summed E-state index contributed by atoms with van der Waals surface area (Å²) in [6, 6.07) is 9.88. The van der Waals surface area contributed by atoms with E-state index >= 15 is 0 Å². The lowest BCUT2D eigenvalue weighted by Crippen LogP contribution is -2.09. The molecule has 0 saturated heterocycles. The number of hydrogen-bond acceptors (Lipinski definition) is 4. The first-order chi connectivity index (χ1) is 8.39. The van der Waals surface area contributed by atoms with Crippen LogP contribution in [-0.2, 0) is 20.8 Å². The van der Waals surface area contributed by atoms with Crippen molar-refractivity contribution in [2.75, 3.05) is 0 Å². The summed E-state index contributed by atoms with van der Waals surface area (Å²) in [6.45, 7) is 0. The Labute approximate surface area is 116 Å². The molecule has 0 radical (unpaired) electrons. The van der Waals surface area contributed by atoms with Crippen LogP contribution in [-0.4, -0.2) is 12.6 Å². The van der Waals surface area contributed by atoms with Gasteiger partial charge in [0.2, 0.25) is 10.0 Å². The number of thiophene rings is 1. The van der Waals surface area contributed by atoms with Gasteiger partial charge >= 0.3 is 0 Å². The Balaban J connectivity index is 2.47. The number of primary sulfonamides is 1. The van der Waals surface area contributed by atoms with E-state index in [1.807, 2.05) is 0 Å². The van der Waals surface area contributed by atoms with E-state index in [-0.39, 0.29) is 13.4 Å². The van der Waals surface area contributed by atoms with Gasteiger partial charge in [-0.1, -0.05) is 29.8 Å². The van der Waals surface area contributed by atoms with Crippen LogP contribution in [0.3, 0.4) is 0 Å². The molecular formula is C10H8ClNO3S3. The van der Waals surface area contributed by atoms with Crippen LogP contribution in [0.1, 0.15) is 0 Å². The first-order valence-electron chi connectivity index (χ1n) is 4.68. The highest BCUT2D eigenvalue weighted by Gasteiger charge is 2.20. The van der Waals surface area contributed by atoms with Crippen molar-refractivity contribution in [2.24, 2.45) is 5.14 Å². The molecule has 18 heavy (non-hydrogen) atoms. The van der Waals surface area contributed by atoms with Crippen molar-refractivity contribution in [3.63, 3.8) is 0 Å². The Bertz CT molecular complexity index is 694. The van der Waals surface area contributed by atoms with Crippen molar-refractivity contribution in [1.29, 1.82) is 0 Å². The lowest BCUT2D eigenvalue weighted by atomic mass is 10.4. The fourth-order valence-corrected chi connectivity index (χ4v) is 5.20. The maximum Gasteiger partial charge on any atom is 0.247 e. The molecule has 0 aliphatic rings. The first kappa shape index (κ1) is 13.7. The lowest BCUT2D eigenvalue weighted by molar-refractivity contribution is 0.600. The normalized spacial score (nSPS) is 13.4. The smallest absolute Gasteiger partial charge is 0.247 e. The summed E-state index contributed by atoms with van der Waals surface area (Å²) in [6.07, 6.45) is 0. The van der Waals surface area contributed by atoms with Crippen molar-refractivity contribution < 1.29 is 12.6 Å². The molecule has 1 unspecified atom stereocenters. The van der Waals surface area contributed by atoms with Crippen LogP contribution in [0.25, 0.3) is 0 Å². The second-order valence-electron chi connectivity index (χ2n) is 3.33. The Kier molecular flexibility index (Phi) is 3.88. The highest BCUT2D eigenvalue weighted by atomic mass is 35.5. The average molecular weight is 322 g/mol. The molecule has 0 aliphatic carbocycles. The molecule has 2 aromatic rings. The van der Waals surface area contributed by atoms with E-state index in [2.05, 4.69) is 0 Å². The molecule has 2 rings (SSSR count). The SMILES string of the molecule is NS(=O)(=O)c1cc(Cl)c(S(=O)c2ccccc2)s1. The molecule has 0 aliphatic heterocycles. The summed E-state index contributed by atoms with van der Waals surface area (Å²) in [7, 11) is -5.33. The standard InChI is InChI=1S/C10H8ClNO3S3/c11-8-6-9(18(12,14)15)16-10(8)17(13)7-4-2-1-3-5-7/h1-6H,(H2,12,14,15). The van der Waals surface area contributed by atoms with Crippen LogP contribution in [0, 0.1) is 0 Å². The molecule has 1 aromatic carbocycles. The van der Waals surface area contributed by atoms with Crippen molar-refractivity contribution in [3.05, 3.63) is 41.4 Å². The number of rotatable bonds is 3. The third-order valence-corrected chi connectivity index (χ3v) is 6.87. The Morgan fingerprint density at radius 1 is 1.22 bits per heavy atom. The Morgan fingerprint density at radius 2 is 1.83 bits per heavy atom. The molecule has 1 heterocycles. The predicted octanol–water partition coefficient (Wildman–Crippen LogP) is 2.22. The Hall–Kier alpha value is -0.730. The minimum absolute atomic E-state index is 0.0909. The monoisotopic (exact) mass is 321 g/mol. The fraction of sp³-hybridized carbons (Fsp3) is 0. The quantitative estimate of drug-likeness (QED) is 0.941. The zero-order valence-corrected chi connectivity index (χ0v) is 12.1. The molecule has 0 saturated carbocycles. The predicted molar refractivity (Wildman–Crippen MR) is 71.8 cm³/mol. The van der Waals surface area contributed by atoms with Gasteiger partial charge in [0.1, 0.15) is 8.42 Å². The average Bonchev–Trinajstić information content (AvgIpc) is 2.71. The molecule has 4 nitrogen and oxygen atoms in total.